The number of hydrogen-bond donors (Lipinski definition) is 1. The second-order valence-corrected chi connectivity index (χ2v) is 4.23. The summed E-state index contributed by atoms with van der Waals surface area (Å²) < 4.78 is 2.19. The van der Waals surface area contributed by atoms with Crippen LogP contribution in [-0.4, -0.2) is 4.98 Å². The quantitative estimate of drug-likeness (QED) is 0.597. The molecule has 0 atom stereocenters. The van der Waals surface area contributed by atoms with Gasteiger partial charge in [-0.2, -0.15) is 0 Å². The Balaban J connectivity index is 2.51. The van der Waals surface area contributed by atoms with E-state index in [4.69, 9.17) is 0 Å². The molecule has 0 saturated carbocycles. The Bertz CT molecular complexity index is 665. The maximum absolute atomic E-state index is 3.45. The lowest BCUT2D eigenvalue weighted by Gasteiger charge is -1.97. The molecule has 2 heterocycles. The van der Waals surface area contributed by atoms with E-state index in [2.05, 4.69) is 60.1 Å². The summed E-state index contributed by atoms with van der Waals surface area (Å²) in [4.78, 5) is 3.45. The molecule has 0 saturated heterocycles. The molecule has 16 heavy (non-hydrogen) atoms. The van der Waals surface area contributed by atoms with Crippen LogP contribution in [0.1, 0.15) is 12.6 Å². The van der Waals surface area contributed by atoms with Crippen LogP contribution in [0.3, 0.4) is 0 Å². The van der Waals surface area contributed by atoms with E-state index in [1.807, 2.05) is 0 Å². The minimum absolute atomic E-state index is 1.05. The first-order valence-electron chi connectivity index (χ1n) is 5.68. The van der Waals surface area contributed by atoms with Crippen molar-refractivity contribution in [1.29, 1.82) is 0 Å². The number of nitrogens with one attached hydrogen (secondary N) is 1. The number of fused-ring (bicyclic) bond motifs is 3. The highest BCUT2D eigenvalue weighted by molar-refractivity contribution is 6.02. The molecule has 0 radical (unpaired) electrons. The van der Waals surface area contributed by atoms with Crippen molar-refractivity contribution in [3.05, 3.63) is 42.2 Å². The van der Waals surface area contributed by atoms with Crippen molar-refractivity contribution in [2.24, 2.45) is 7.05 Å². The maximum Gasteiger partial charge on any atom is 0.221 e. The maximum atomic E-state index is 3.45. The third-order valence-electron chi connectivity index (χ3n) is 3.18. The number of H-pyrrole nitrogens is 1. The average molecular weight is 211 g/mol. The predicted molar refractivity (Wildman–Crippen MR) is 66.4 cm³/mol. The van der Waals surface area contributed by atoms with E-state index >= 15 is 0 Å². The molecule has 0 bridgehead atoms. The molecule has 80 valence electrons. The van der Waals surface area contributed by atoms with Gasteiger partial charge in [-0.3, -0.25) is 0 Å². The molecule has 0 aliphatic heterocycles. The van der Waals surface area contributed by atoms with Gasteiger partial charge < -0.3 is 4.98 Å². The van der Waals surface area contributed by atoms with E-state index in [-0.39, 0.29) is 0 Å². The summed E-state index contributed by atoms with van der Waals surface area (Å²) in [5.74, 6) is 0. The minimum atomic E-state index is 1.05. The SMILES string of the molecule is CCc1cc2c(ccc3ccc[n+](C)c32)[nH]1. The molecule has 2 nitrogen and oxygen atoms in total. The number of hydrogen-bond acceptors (Lipinski definition) is 0. The van der Waals surface area contributed by atoms with Gasteiger partial charge in [0.15, 0.2) is 6.20 Å². The van der Waals surface area contributed by atoms with Crippen molar-refractivity contribution in [3.8, 4) is 0 Å². The van der Waals surface area contributed by atoms with Gasteiger partial charge in [-0.05, 0) is 30.7 Å². The van der Waals surface area contributed by atoms with Gasteiger partial charge in [0.25, 0.3) is 0 Å². The molecule has 0 aliphatic carbocycles. The number of benzene rings is 1. The highest BCUT2D eigenvalue weighted by atomic mass is 14.9. The lowest BCUT2D eigenvalue weighted by molar-refractivity contribution is -0.644. The fraction of sp³-hybridized carbons (Fsp3) is 0.214. The molecule has 1 aromatic carbocycles. The Hall–Kier alpha value is -1.83. The number of aryl methyl sites for hydroxylation is 2. The van der Waals surface area contributed by atoms with Crippen molar-refractivity contribution in [2.75, 3.05) is 0 Å². The Labute approximate surface area is 94.5 Å². The van der Waals surface area contributed by atoms with Gasteiger partial charge in [0.2, 0.25) is 5.52 Å². The molecular formula is C14H15N2+. The smallest absolute Gasteiger partial charge is 0.221 e. The summed E-state index contributed by atoms with van der Waals surface area (Å²) in [5.41, 5.74) is 3.83. The van der Waals surface area contributed by atoms with Gasteiger partial charge in [0, 0.05) is 17.1 Å². The van der Waals surface area contributed by atoms with Crippen molar-refractivity contribution < 1.29 is 4.57 Å². The second-order valence-electron chi connectivity index (χ2n) is 4.23. The van der Waals surface area contributed by atoms with Gasteiger partial charge in [-0.1, -0.05) is 6.92 Å². The normalized spacial score (nSPS) is 11.4. The van der Waals surface area contributed by atoms with E-state index in [1.165, 1.54) is 27.5 Å². The molecule has 3 aromatic rings. The highest BCUT2D eigenvalue weighted by Crippen LogP contribution is 2.23. The largest absolute Gasteiger partial charge is 0.358 e. The molecule has 0 spiro atoms. The van der Waals surface area contributed by atoms with E-state index in [1.54, 1.807) is 0 Å². The number of pyridine rings is 1. The van der Waals surface area contributed by atoms with Crippen molar-refractivity contribution in [2.45, 2.75) is 13.3 Å². The van der Waals surface area contributed by atoms with Crippen LogP contribution in [0.15, 0.2) is 36.5 Å². The van der Waals surface area contributed by atoms with Gasteiger partial charge >= 0.3 is 0 Å². The molecular weight excluding hydrogens is 196 g/mol. The number of nitrogens with zero attached hydrogens (tertiary/aromatic N) is 1. The fourth-order valence-corrected chi connectivity index (χ4v) is 2.33. The summed E-state index contributed by atoms with van der Waals surface area (Å²) >= 11 is 0. The zero-order valence-corrected chi connectivity index (χ0v) is 9.62. The lowest BCUT2D eigenvalue weighted by Crippen LogP contribution is -2.27. The van der Waals surface area contributed by atoms with Gasteiger partial charge in [-0.25, -0.2) is 4.57 Å². The van der Waals surface area contributed by atoms with Crippen molar-refractivity contribution in [3.63, 3.8) is 0 Å². The Kier molecular flexibility index (Phi) is 1.96. The zero-order valence-electron chi connectivity index (χ0n) is 9.62. The van der Waals surface area contributed by atoms with E-state index in [9.17, 15) is 0 Å². The number of aromatic amines is 1. The summed E-state index contributed by atoms with van der Waals surface area (Å²) in [6.07, 6.45) is 3.15. The molecule has 3 rings (SSSR count). The van der Waals surface area contributed by atoms with Crippen LogP contribution in [0.5, 0.6) is 0 Å². The Morgan fingerprint density at radius 1 is 1.25 bits per heavy atom. The van der Waals surface area contributed by atoms with E-state index in [0.29, 0.717) is 0 Å². The summed E-state index contributed by atoms with van der Waals surface area (Å²) in [6, 6.07) is 10.8. The number of aromatic nitrogens is 2. The average Bonchev–Trinajstić information content (AvgIpc) is 2.72. The highest BCUT2D eigenvalue weighted by Gasteiger charge is 2.11. The number of rotatable bonds is 1. The first-order valence-corrected chi connectivity index (χ1v) is 5.68. The van der Waals surface area contributed by atoms with Gasteiger partial charge in [0.1, 0.15) is 7.05 Å². The van der Waals surface area contributed by atoms with Crippen LogP contribution in [0.2, 0.25) is 0 Å². The zero-order chi connectivity index (χ0) is 11.1. The fourth-order valence-electron chi connectivity index (χ4n) is 2.33. The molecule has 0 fully saturated rings. The lowest BCUT2D eigenvalue weighted by atomic mass is 10.1. The molecule has 2 aromatic heterocycles. The molecule has 0 unspecified atom stereocenters. The molecule has 2 heteroatoms. The topological polar surface area (TPSA) is 19.7 Å². The first kappa shape index (κ1) is 9.40. The van der Waals surface area contributed by atoms with E-state index in [0.717, 1.165) is 6.42 Å². The molecule has 0 aliphatic rings. The Morgan fingerprint density at radius 2 is 2.12 bits per heavy atom. The van der Waals surface area contributed by atoms with E-state index < -0.39 is 0 Å². The summed E-state index contributed by atoms with van der Waals surface area (Å²) in [7, 11) is 2.10. The van der Waals surface area contributed by atoms with Crippen molar-refractivity contribution >= 4 is 21.8 Å². The molecule has 0 amide bonds. The second kappa shape index (κ2) is 3.34. The van der Waals surface area contributed by atoms with Crippen LogP contribution >= 0.6 is 0 Å². The van der Waals surface area contributed by atoms with Crippen LogP contribution in [0.4, 0.5) is 0 Å². The first-order chi connectivity index (χ1) is 7.79. The van der Waals surface area contributed by atoms with Crippen LogP contribution in [0, 0.1) is 0 Å². The summed E-state index contributed by atoms with van der Waals surface area (Å²) in [5, 5.41) is 2.61. The van der Waals surface area contributed by atoms with Gasteiger partial charge in [0.05, 0.1) is 10.9 Å². The Morgan fingerprint density at radius 3 is 2.94 bits per heavy atom. The van der Waals surface area contributed by atoms with Crippen LogP contribution in [-0.2, 0) is 13.5 Å². The monoisotopic (exact) mass is 211 g/mol. The van der Waals surface area contributed by atoms with Gasteiger partial charge in [-0.15, -0.1) is 0 Å². The predicted octanol–water partition coefficient (Wildman–Crippen LogP) is 2.71. The van der Waals surface area contributed by atoms with Crippen LogP contribution in [0.25, 0.3) is 21.8 Å². The third-order valence-corrected chi connectivity index (χ3v) is 3.18. The minimum Gasteiger partial charge on any atom is -0.358 e. The van der Waals surface area contributed by atoms with Crippen molar-refractivity contribution in [1.82, 2.24) is 4.98 Å². The molecule has 1 N–H and O–H groups in total. The standard InChI is InChI=1S/C14H14N2/c1-3-11-9-12-13(15-11)7-6-10-5-4-8-16(2)14(10)12/h4-9H,3H2,1-2H3/p+1. The third kappa shape index (κ3) is 1.23. The summed E-state index contributed by atoms with van der Waals surface area (Å²) in [6.45, 7) is 2.17. The van der Waals surface area contributed by atoms with Crippen LogP contribution < -0.4 is 4.57 Å².